The SMILES string of the molecule is CCC(=O)Nc1nnc(S(=O)(=O)NCc2ccc(N3CCOCC3)cc2)s1. The fraction of sp³-hybridized carbons (Fsp3) is 0.438. The normalized spacial score (nSPS) is 14.9. The summed E-state index contributed by atoms with van der Waals surface area (Å²) in [7, 11) is -3.79. The van der Waals surface area contributed by atoms with Crippen molar-refractivity contribution in [1.82, 2.24) is 14.9 Å². The van der Waals surface area contributed by atoms with Crippen molar-refractivity contribution in [3.63, 3.8) is 0 Å². The minimum Gasteiger partial charge on any atom is -0.378 e. The molecular formula is C16H21N5O4S2. The first-order valence-corrected chi connectivity index (χ1v) is 10.8. The number of anilines is 2. The summed E-state index contributed by atoms with van der Waals surface area (Å²) in [5, 5.41) is 10.00. The van der Waals surface area contributed by atoms with Gasteiger partial charge in [-0.25, -0.2) is 13.1 Å². The number of benzene rings is 1. The van der Waals surface area contributed by atoms with Gasteiger partial charge >= 0.3 is 0 Å². The van der Waals surface area contributed by atoms with E-state index in [1.807, 2.05) is 24.3 Å². The van der Waals surface area contributed by atoms with Gasteiger partial charge in [-0.1, -0.05) is 30.4 Å². The average Bonchev–Trinajstić information content (AvgIpc) is 3.17. The van der Waals surface area contributed by atoms with Gasteiger partial charge in [-0.15, -0.1) is 10.2 Å². The molecule has 27 heavy (non-hydrogen) atoms. The Morgan fingerprint density at radius 3 is 2.59 bits per heavy atom. The van der Waals surface area contributed by atoms with E-state index in [4.69, 9.17) is 4.74 Å². The van der Waals surface area contributed by atoms with Crippen LogP contribution in [0.25, 0.3) is 0 Å². The van der Waals surface area contributed by atoms with Crippen molar-refractivity contribution in [2.24, 2.45) is 0 Å². The summed E-state index contributed by atoms with van der Waals surface area (Å²) in [6.45, 7) is 4.95. The van der Waals surface area contributed by atoms with Crippen molar-refractivity contribution in [2.75, 3.05) is 36.5 Å². The molecule has 0 aliphatic carbocycles. The molecule has 1 aliphatic rings. The second kappa shape index (κ2) is 8.74. The Bertz CT molecular complexity index is 876. The van der Waals surface area contributed by atoms with Gasteiger partial charge in [0.1, 0.15) is 0 Å². The van der Waals surface area contributed by atoms with Gasteiger partial charge in [-0.05, 0) is 17.7 Å². The maximum atomic E-state index is 12.4. The molecule has 2 heterocycles. The molecule has 11 heteroatoms. The molecule has 0 radical (unpaired) electrons. The second-order valence-electron chi connectivity index (χ2n) is 5.87. The first-order valence-electron chi connectivity index (χ1n) is 8.52. The number of hydrogen-bond acceptors (Lipinski definition) is 8. The molecule has 146 valence electrons. The smallest absolute Gasteiger partial charge is 0.270 e. The summed E-state index contributed by atoms with van der Waals surface area (Å²) < 4.78 is 32.4. The van der Waals surface area contributed by atoms with E-state index in [0.717, 1.165) is 35.7 Å². The Hall–Kier alpha value is -2.08. The van der Waals surface area contributed by atoms with Crippen LogP contribution in [-0.4, -0.2) is 50.8 Å². The number of carbonyl (C=O) groups is 1. The summed E-state index contributed by atoms with van der Waals surface area (Å²) in [5.74, 6) is -0.247. The number of morpholine rings is 1. The highest BCUT2D eigenvalue weighted by molar-refractivity contribution is 7.91. The maximum Gasteiger partial charge on any atom is 0.270 e. The van der Waals surface area contributed by atoms with Crippen molar-refractivity contribution in [2.45, 2.75) is 24.2 Å². The topological polar surface area (TPSA) is 114 Å². The molecule has 0 unspecified atom stereocenters. The Morgan fingerprint density at radius 1 is 1.22 bits per heavy atom. The monoisotopic (exact) mass is 411 g/mol. The highest BCUT2D eigenvalue weighted by Gasteiger charge is 2.20. The Kier molecular flexibility index (Phi) is 6.37. The van der Waals surface area contributed by atoms with E-state index in [-0.39, 0.29) is 28.3 Å². The van der Waals surface area contributed by atoms with Crippen LogP contribution in [0.15, 0.2) is 28.6 Å². The molecule has 0 atom stereocenters. The molecule has 1 saturated heterocycles. The second-order valence-corrected chi connectivity index (χ2v) is 8.78. The Morgan fingerprint density at radius 2 is 1.93 bits per heavy atom. The van der Waals surface area contributed by atoms with Gasteiger partial charge in [-0.3, -0.25) is 4.79 Å². The quantitative estimate of drug-likeness (QED) is 0.658. The van der Waals surface area contributed by atoms with Gasteiger partial charge in [0.25, 0.3) is 10.0 Å². The lowest BCUT2D eigenvalue weighted by Gasteiger charge is -2.28. The van der Waals surface area contributed by atoms with Crippen molar-refractivity contribution >= 4 is 38.1 Å². The molecule has 2 N–H and O–H groups in total. The van der Waals surface area contributed by atoms with E-state index in [9.17, 15) is 13.2 Å². The molecule has 1 amide bonds. The minimum absolute atomic E-state index is 0.141. The van der Waals surface area contributed by atoms with Gasteiger partial charge in [0.2, 0.25) is 15.4 Å². The van der Waals surface area contributed by atoms with Crippen molar-refractivity contribution in [3.8, 4) is 0 Å². The van der Waals surface area contributed by atoms with Gasteiger partial charge in [0.05, 0.1) is 13.2 Å². The first kappa shape index (κ1) is 19.7. The molecule has 3 rings (SSSR count). The third-order valence-corrected chi connectivity index (χ3v) is 6.59. The Labute approximate surface area is 161 Å². The predicted molar refractivity (Wildman–Crippen MR) is 102 cm³/mol. The lowest BCUT2D eigenvalue weighted by molar-refractivity contribution is -0.115. The first-order chi connectivity index (χ1) is 13.0. The minimum atomic E-state index is -3.79. The van der Waals surface area contributed by atoms with E-state index < -0.39 is 10.0 Å². The van der Waals surface area contributed by atoms with Gasteiger partial charge < -0.3 is 15.0 Å². The van der Waals surface area contributed by atoms with Gasteiger partial charge in [0, 0.05) is 31.7 Å². The molecule has 9 nitrogen and oxygen atoms in total. The molecule has 2 aromatic rings. The van der Waals surface area contributed by atoms with Crippen LogP contribution in [0.5, 0.6) is 0 Å². The predicted octanol–water partition coefficient (Wildman–Crippen LogP) is 1.20. The van der Waals surface area contributed by atoms with Crippen molar-refractivity contribution in [3.05, 3.63) is 29.8 Å². The largest absolute Gasteiger partial charge is 0.378 e. The van der Waals surface area contributed by atoms with Crippen LogP contribution in [-0.2, 0) is 26.1 Å². The summed E-state index contributed by atoms with van der Waals surface area (Å²) in [4.78, 5) is 13.6. The van der Waals surface area contributed by atoms with Gasteiger partial charge in [-0.2, -0.15) is 0 Å². The van der Waals surface area contributed by atoms with Crippen molar-refractivity contribution < 1.29 is 17.9 Å². The van der Waals surface area contributed by atoms with Crippen LogP contribution < -0.4 is 14.9 Å². The van der Waals surface area contributed by atoms with E-state index in [2.05, 4.69) is 25.1 Å². The molecule has 0 spiro atoms. The van der Waals surface area contributed by atoms with E-state index in [1.54, 1.807) is 6.92 Å². The number of nitrogens with one attached hydrogen (secondary N) is 2. The molecule has 1 aliphatic heterocycles. The highest BCUT2D eigenvalue weighted by atomic mass is 32.2. The van der Waals surface area contributed by atoms with Crippen LogP contribution in [0, 0.1) is 0 Å². The molecule has 1 fully saturated rings. The molecule has 1 aromatic carbocycles. The molecular weight excluding hydrogens is 390 g/mol. The standard InChI is InChI=1S/C16H21N5O4S2/c1-2-14(22)18-15-19-20-16(26-15)27(23,24)17-11-12-3-5-13(6-4-12)21-7-9-25-10-8-21/h3-6,17H,2,7-11H2,1H3,(H,18,19,22). The number of nitrogens with zero attached hydrogens (tertiary/aromatic N) is 3. The number of sulfonamides is 1. The zero-order valence-corrected chi connectivity index (χ0v) is 16.5. The third kappa shape index (κ3) is 5.22. The number of aromatic nitrogens is 2. The number of ether oxygens (including phenoxy) is 1. The number of amides is 1. The molecule has 0 saturated carbocycles. The number of rotatable bonds is 7. The summed E-state index contributed by atoms with van der Waals surface area (Å²) in [6.07, 6.45) is 0.278. The van der Waals surface area contributed by atoms with Crippen molar-refractivity contribution in [1.29, 1.82) is 0 Å². The lowest BCUT2D eigenvalue weighted by atomic mass is 10.2. The van der Waals surface area contributed by atoms with E-state index in [0.29, 0.717) is 13.2 Å². The zero-order chi connectivity index (χ0) is 19.3. The highest BCUT2D eigenvalue weighted by Crippen LogP contribution is 2.21. The fourth-order valence-corrected chi connectivity index (χ4v) is 4.44. The molecule has 1 aromatic heterocycles. The van der Waals surface area contributed by atoms with Crippen LogP contribution in [0.1, 0.15) is 18.9 Å². The third-order valence-electron chi connectivity index (χ3n) is 3.98. The zero-order valence-electron chi connectivity index (χ0n) is 14.8. The van der Waals surface area contributed by atoms with Gasteiger partial charge in [0.15, 0.2) is 0 Å². The lowest BCUT2D eigenvalue weighted by Crippen LogP contribution is -2.36. The van der Waals surface area contributed by atoms with E-state index in [1.165, 1.54) is 0 Å². The Balaban J connectivity index is 1.59. The molecule has 0 bridgehead atoms. The summed E-state index contributed by atoms with van der Waals surface area (Å²) >= 11 is 0.817. The van der Waals surface area contributed by atoms with E-state index >= 15 is 0 Å². The number of hydrogen-bond donors (Lipinski definition) is 2. The fourth-order valence-electron chi connectivity index (χ4n) is 2.46. The summed E-state index contributed by atoms with van der Waals surface area (Å²) in [6, 6.07) is 7.72. The van der Waals surface area contributed by atoms with Crippen LogP contribution in [0.3, 0.4) is 0 Å². The van der Waals surface area contributed by atoms with Crippen LogP contribution >= 0.6 is 11.3 Å². The van der Waals surface area contributed by atoms with Crippen LogP contribution in [0.2, 0.25) is 0 Å². The summed E-state index contributed by atoms with van der Waals surface area (Å²) in [5.41, 5.74) is 1.92. The number of carbonyl (C=O) groups excluding carboxylic acids is 1. The van der Waals surface area contributed by atoms with Crippen LogP contribution in [0.4, 0.5) is 10.8 Å². The maximum absolute atomic E-state index is 12.4. The average molecular weight is 412 g/mol.